The van der Waals surface area contributed by atoms with Crippen LogP contribution < -0.4 is 5.32 Å². The molecule has 7 nitrogen and oxygen atoms in total. The maximum Gasteiger partial charge on any atom is 0.292 e. The Morgan fingerprint density at radius 2 is 1.96 bits per heavy atom. The van der Waals surface area contributed by atoms with Crippen molar-refractivity contribution in [3.63, 3.8) is 0 Å². The third kappa shape index (κ3) is 3.51. The van der Waals surface area contributed by atoms with Crippen LogP contribution in [0.2, 0.25) is 0 Å². The Labute approximate surface area is 156 Å². The smallest absolute Gasteiger partial charge is 0.292 e. The van der Waals surface area contributed by atoms with Crippen LogP contribution in [0.25, 0.3) is 5.52 Å². The Morgan fingerprint density at radius 3 is 2.67 bits per heavy atom. The fraction of sp³-hybridized carbons (Fsp3) is 0.200. The van der Waals surface area contributed by atoms with Crippen LogP contribution in [0.1, 0.15) is 40.5 Å². The summed E-state index contributed by atoms with van der Waals surface area (Å²) in [6.07, 6.45) is 1.70. The molecule has 2 heterocycles. The van der Waals surface area contributed by atoms with E-state index in [0.29, 0.717) is 29.9 Å². The monoisotopic (exact) mass is 361 g/mol. The molecule has 1 N–H and O–H groups in total. The van der Waals surface area contributed by atoms with Gasteiger partial charge in [0, 0.05) is 25.0 Å². The summed E-state index contributed by atoms with van der Waals surface area (Å²) in [6, 6.07) is 14.0. The number of amides is 2. The minimum atomic E-state index is -0.454. The minimum Gasteiger partial charge on any atom is -0.338 e. The highest BCUT2D eigenvalue weighted by Crippen LogP contribution is 2.17. The maximum absolute atomic E-state index is 12.8. The zero-order chi connectivity index (χ0) is 19.4. The van der Waals surface area contributed by atoms with Crippen LogP contribution in [-0.4, -0.2) is 39.2 Å². The second-order valence-electron chi connectivity index (χ2n) is 5.86. The number of carbonyl (C=O) groups excluding carboxylic acids is 2. The van der Waals surface area contributed by atoms with Crippen molar-refractivity contribution in [1.82, 2.24) is 14.3 Å². The number of benzene rings is 1. The van der Waals surface area contributed by atoms with Gasteiger partial charge in [-0.3, -0.25) is 14.0 Å². The lowest BCUT2D eigenvalue weighted by Crippen LogP contribution is -2.31. The normalized spacial score (nSPS) is 10.4. The first-order valence-electron chi connectivity index (χ1n) is 8.66. The largest absolute Gasteiger partial charge is 0.338 e. The zero-order valence-corrected chi connectivity index (χ0v) is 15.1. The molecule has 0 aliphatic carbocycles. The van der Waals surface area contributed by atoms with Crippen molar-refractivity contribution in [3.8, 4) is 6.07 Å². The summed E-state index contributed by atoms with van der Waals surface area (Å²) in [5.74, 6) is -0.553. The fourth-order valence-corrected chi connectivity index (χ4v) is 2.87. The van der Waals surface area contributed by atoms with E-state index in [2.05, 4.69) is 10.3 Å². The zero-order valence-electron chi connectivity index (χ0n) is 15.1. The van der Waals surface area contributed by atoms with Crippen LogP contribution in [0.5, 0.6) is 0 Å². The molecule has 0 bridgehead atoms. The number of nitriles is 1. The van der Waals surface area contributed by atoms with Gasteiger partial charge >= 0.3 is 0 Å². The van der Waals surface area contributed by atoms with E-state index in [9.17, 15) is 9.59 Å². The fourth-order valence-electron chi connectivity index (χ4n) is 2.87. The molecule has 0 unspecified atom stereocenters. The Hall–Kier alpha value is -3.66. The van der Waals surface area contributed by atoms with E-state index in [0.717, 1.165) is 0 Å². The number of aromatic nitrogens is 2. The second kappa shape index (κ2) is 7.70. The van der Waals surface area contributed by atoms with Gasteiger partial charge in [-0.1, -0.05) is 12.1 Å². The Kier molecular flexibility index (Phi) is 5.18. The highest BCUT2D eigenvalue weighted by atomic mass is 16.2. The van der Waals surface area contributed by atoms with Crippen molar-refractivity contribution < 1.29 is 9.59 Å². The number of rotatable bonds is 5. The lowest BCUT2D eigenvalue weighted by molar-refractivity contribution is 0.0769. The van der Waals surface area contributed by atoms with Crippen LogP contribution in [0.15, 0.2) is 48.7 Å². The molecule has 3 aromatic rings. The van der Waals surface area contributed by atoms with E-state index < -0.39 is 5.91 Å². The van der Waals surface area contributed by atoms with E-state index in [1.165, 1.54) is 0 Å². The van der Waals surface area contributed by atoms with Gasteiger partial charge in [-0.25, -0.2) is 4.98 Å². The summed E-state index contributed by atoms with van der Waals surface area (Å²) in [5.41, 5.74) is 1.75. The van der Waals surface area contributed by atoms with Gasteiger partial charge in [-0.05, 0) is 44.2 Å². The molecule has 0 aliphatic heterocycles. The van der Waals surface area contributed by atoms with E-state index in [1.54, 1.807) is 58.0 Å². The van der Waals surface area contributed by atoms with Gasteiger partial charge in [0.1, 0.15) is 0 Å². The average Bonchev–Trinajstić information content (AvgIpc) is 3.09. The highest BCUT2D eigenvalue weighted by Gasteiger charge is 2.24. The van der Waals surface area contributed by atoms with Gasteiger partial charge in [-0.2, -0.15) is 5.26 Å². The van der Waals surface area contributed by atoms with Crippen molar-refractivity contribution in [3.05, 3.63) is 65.7 Å². The number of fused-ring (bicyclic) bond motifs is 1. The third-order valence-electron chi connectivity index (χ3n) is 4.25. The van der Waals surface area contributed by atoms with Gasteiger partial charge in [-0.15, -0.1) is 0 Å². The van der Waals surface area contributed by atoms with Crippen LogP contribution in [0, 0.1) is 11.3 Å². The van der Waals surface area contributed by atoms with Crippen LogP contribution in [0.3, 0.4) is 0 Å². The van der Waals surface area contributed by atoms with E-state index in [4.69, 9.17) is 5.26 Å². The molecule has 0 saturated carbocycles. The highest BCUT2D eigenvalue weighted by molar-refractivity contribution is 6.06. The molecule has 0 aliphatic rings. The number of anilines is 1. The van der Waals surface area contributed by atoms with Crippen molar-refractivity contribution in [2.24, 2.45) is 0 Å². The quantitative estimate of drug-likeness (QED) is 0.756. The second-order valence-corrected chi connectivity index (χ2v) is 5.86. The molecule has 27 heavy (non-hydrogen) atoms. The molecule has 0 saturated heterocycles. The van der Waals surface area contributed by atoms with Gasteiger partial charge in [0.25, 0.3) is 11.8 Å². The van der Waals surface area contributed by atoms with Crippen molar-refractivity contribution in [1.29, 1.82) is 5.26 Å². The number of carbonyl (C=O) groups is 2. The molecule has 7 heteroatoms. The van der Waals surface area contributed by atoms with Gasteiger partial charge in [0.05, 0.1) is 17.1 Å². The molecule has 2 aromatic heterocycles. The third-order valence-corrected chi connectivity index (χ3v) is 4.25. The molecule has 0 fully saturated rings. The molecule has 0 spiro atoms. The number of hydrogen-bond donors (Lipinski definition) is 1. The molecule has 136 valence electrons. The lowest BCUT2D eigenvalue weighted by Gasteiger charge is -2.17. The standard InChI is InChI=1S/C20H19N5O2/c1-3-24(4-2)20(27)17-16-10-5-6-11-25(16)18(23-17)19(26)22-15-9-7-8-14(12-15)13-21/h5-12H,3-4H2,1-2H3,(H,22,26). The summed E-state index contributed by atoms with van der Waals surface area (Å²) < 4.78 is 1.60. The van der Waals surface area contributed by atoms with Gasteiger partial charge < -0.3 is 10.2 Å². The molecule has 0 radical (unpaired) electrons. The Bertz CT molecular complexity index is 1040. The lowest BCUT2D eigenvalue weighted by atomic mass is 10.2. The van der Waals surface area contributed by atoms with Gasteiger partial charge in [0.15, 0.2) is 5.69 Å². The molecule has 1 aromatic carbocycles. The van der Waals surface area contributed by atoms with E-state index in [1.807, 2.05) is 19.9 Å². The first kappa shape index (κ1) is 18.1. The summed E-state index contributed by atoms with van der Waals surface area (Å²) >= 11 is 0. The first-order chi connectivity index (χ1) is 13.1. The molecular weight excluding hydrogens is 342 g/mol. The summed E-state index contributed by atoms with van der Waals surface area (Å²) in [7, 11) is 0. The summed E-state index contributed by atoms with van der Waals surface area (Å²) in [5, 5.41) is 11.7. The molecule has 3 rings (SSSR count). The predicted octanol–water partition coefficient (Wildman–Crippen LogP) is 2.94. The number of nitrogens with zero attached hydrogens (tertiary/aromatic N) is 4. The number of pyridine rings is 1. The van der Waals surface area contributed by atoms with Crippen LogP contribution in [-0.2, 0) is 0 Å². The van der Waals surface area contributed by atoms with E-state index >= 15 is 0 Å². The van der Waals surface area contributed by atoms with Crippen molar-refractivity contribution in [2.75, 3.05) is 18.4 Å². The topological polar surface area (TPSA) is 90.5 Å². The minimum absolute atomic E-state index is 0.114. The number of imidazole rings is 1. The van der Waals surface area contributed by atoms with Crippen molar-refractivity contribution in [2.45, 2.75) is 13.8 Å². The molecule has 2 amide bonds. The molecule has 0 atom stereocenters. The number of hydrogen-bond acceptors (Lipinski definition) is 4. The van der Waals surface area contributed by atoms with Crippen molar-refractivity contribution >= 4 is 23.0 Å². The Morgan fingerprint density at radius 1 is 1.19 bits per heavy atom. The van der Waals surface area contributed by atoms with Crippen LogP contribution in [0.4, 0.5) is 5.69 Å². The summed E-state index contributed by atoms with van der Waals surface area (Å²) in [4.78, 5) is 31.6. The SMILES string of the molecule is CCN(CC)C(=O)c1nc(C(=O)Nc2cccc(C#N)c2)n2ccccc12. The number of nitrogens with one attached hydrogen (secondary N) is 1. The van der Waals surface area contributed by atoms with E-state index in [-0.39, 0.29) is 17.4 Å². The first-order valence-corrected chi connectivity index (χ1v) is 8.66. The predicted molar refractivity (Wildman–Crippen MR) is 102 cm³/mol. The maximum atomic E-state index is 12.8. The molecular formula is C20H19N5O2. The average molecular weight is 361 g/mol. The van der Waals surface area contributed by atoms with Gasteiger partial charge in [0.2, 0.25) is 5.82 Å². The Balaban J connectivity index is 2.00. The summed E-state index contributed by atoms with van der Waals surface area (Å²) in [6.45, 7) is 4.91. The van der Waals surface area contributed by atoms with Crippen LogP contribution >= 0.6 is 0 Å².